The smallest absolute Gasteiger partial charge is 0.329 e. The van der Waals surface area contributed by atoms with Gasteiger partial charge in [-0.2, -0.15) is 0 Å². The number of hydrogen-bond donors (Lipinski definition) is 2. The standard InChI is InChI=1S/C28H25BrN4O8/c1-3-40-24-14-18(12-20(29)26(24)41-16-17-8-10-19(11-9-17)33(37)38)13-22-27(35)32(28(36)31-22)15-25(34)30-21-6-4-5-7-23(21)39-2/h4-14H,3,15-16H2,1-2H3,(H,30,34)(H,31,36)/b22-13+. The Labute approximate surface area is 243 Å². The van der Waals surface area contributed by atoms with Crippen molar-refractivity contribution in [1.29, 1.82) is 0 Å². The number of nitrogens with zero attached hydrogens (tertiary/aromatic N) is 2. The van der Waals surface area contributed by atoms with Crippen LogP contribution in [0.2, 0.25) is 0 Å². The molecule has 0 aromatic heterocycles. The first-order chi connectivity index (χ1) is 19.7. The summed E-state index contributed by atoms with van der Waals surface area (Å²) in [5, 5.41) is 16.0. The molecular formula is C28H25BrN4O8. The van der Waals surface area contributed by atoms with E-state index in [9.17, 15) is 24.5 Å². The molecule has 0 aliphatic carbocycles. The van der Waals surface area contributed by atoms with E-state index < -0.39 is 29.3 Å². The Morgan fingerprint density at radius 3 is 2.51 bits per heavy atom. The third kappa shape index (κ3) is 7.00. The Morgan fingerprint density at radius 1 is 1.10 bits per heavy atom. The molecule has 13 heteroatoms. The molecular weight excluding hydrogens is 600 g/mol. The van der Waals surface area contributed by atoms with Crippen LogP contribution in [-0.4, -0.2) is 47.9 Å². The fourth-order valence-electron chi connectivity index (χ4n) is 3.91. The lowest BCUT2D eigenvalue weighted by molar-refractivity contribution is -0.384. The van der Waals surface area contributed by atoms with Crippen molar-refractivity contribution in [2.24, 2.45) is 0 Å². The maximum Gasteiger partial charge on any atom is 0.329 e. The predicted molar refractivity (Wildman–Crippen MR) is 153 cm³/mol. The summed E-state index contributed by atoms with van der Waals surface area (Å²) in [6, 6.07) is 15.3. The van der Waals surface area contributed by atoms with Crippen LogP contribution in [0.1, 0.15) is 18.1 Å². The molecule has 3 aromatic carbocycles. The maximum absolute atomic E-state index is 13.0. The van der Waals surface area contributed by atoms with E-state index in [0.29, 0.717) is 45.1 Å². The van der Waals surface area contributed by atoms with Gasteiger partial charge < -0.3 is 24.8 Å². The Bertz CT molecular complexity index is 1520. The molecule has 12 nitrogen and oxygen atoms in total. The largest absolute Gasteiger partial charge is 0.495 e. The molecule has 0 unspecified atom stereocenters. The Balaban J connectivity index is 1.48. The predicted octanol–water partition coefficient (Wildman–Crippen LogP) is 4.88. The van der Waals surface area contributed by atoms with Gasteiger partial charge in [0.25, 0.3) is 11.6 Å². The zero-order chi connectivity index (χ0) is 29.5. The van der Waals surface area contributed by atoms with Gasteiger partial charge >= 0.3 is 6.03 Å². The summed E-state index contributed by atoms with van der Waals surface area (Å²) in [4.78, 5) is 49.3. The van der Waals surface area contributed by atoms with Crippen molar-refractivity contribution >= 4 is 51.2 Å². The molecule has 2 N–H and O–H groups in total. The summed E-state index contributed by atoms with van der Waals surface area (Å²) in [5.74, 6) is -0.0355. The number of nitrogens with one attached hydrogen (secondary N) is 2. The number of benzene rings is 3. The molecule has 4 amide bonds. The van der Waals surface area contributed by atoms with Crippen molar-refractivity contribution in [3.8, 4) is 17.2 Å². The number of halogens is 1. The van der Waals surface area contributed by atoms with Crippen molar-refractivity contribution in [2.75, 3.05) is 25.6 Å². The molecule has 4 rings (SSSR count). The fraction of sp³-hybridized carbons (Fsp3) is 0.179. The highest BCUT2D eigenvalue weighted by Gasteiger charge is 2.35. The molecule has 0 atom stereocenters. The van der Waals surface area contributed by atoms with Crippen LogP contribution >= 0.6 is 15.9 Å². The van der Waals surface area contributed by atoms with Crippen LogP contribution in [0.4, 0.5) is 16.2 Å². The zero-order valence-corrected chi connectivity index (χ0v) is 23.6. The monoisotopic (exact) mass is 624 g/mol. The van der Waals surface area contributed by atoms with Crippen LogP contribution in [0, 0.1) is 10.1 Å². The molecule has 1 saturated heterocycles. The van der Waals surface area contributed by atoms with Gasteiger partial charge in [-0.25, -0.2) is 9.69 Å². The van der Waals surface area contributed by atoms with E-state index in [2.05, 4.69) is 26.6 Å². The molecule has 0 saturated carbocycles. The molecule has 0 spiro atoms. The molecule has 212 valence electrons. The number of nitro groups is 1. The van der Waals surface area contributed by atoms with Crippen LogP contribution in [-0.2, 0) is 16.2 Å². The topological polar surface area (TPSA) is 149 Å². The SMILES string of the molecule is CCOc1cc(/C=C2/NC(=O)N(CC(=O)Nc3ccccc3OC)C2=O)cc(Br)c1OCc1ccc([N+](=O)[O-])cc1. The van der Waals surface area contributed by atoms with Crippen LogP contribution < -0.4 is 24.8 Å². The lowest BCUT2D eigenvalue weighted by atomic mass is 10.1. The van der Waals surface area contributed by atoms with Gasteiger partial charge in [-0.05, 0) is 76.5 Å². The summed E-state index contributed by atoms with van der Waals surface area (Å²) in [7, 11) is 1.46. The summed E-state index contributed by atoms with van der Waals surface area (Å²) in [5.41, 5.74) is 1.60. The van der Waals surface area contributed by atoms with Crippen molar-refractivity contribution in [3.05, 3.63) is 92.1 Å². The van der Waals surface area contributed by atoms with Gasteiger partial charge in [-0.3, -0.25) is 19.7 Å². The minimum atomic E-state index is -0.733. The summed E-state index contributed by atoms with van der Waals surface area (Å²) >= 11 is 3.47. The second-order valence-electron chi connectivity index (χ2n) is 8.60. The lowest BCUT2D eigenvalue weighted by Gasteiger charge is -2.15. The highest BCUT2D eigenvalue weighted by atomic mass is 79.9. The number of imide groups is 1. The first kappa shape index (κ1) is 29.1. The molecule has 41 heavy (non-hydrogen) atoms. The zero-order valence-electron chi connectivity index (χ0n) is 22.0. The normalized spacial score (nSPS) is 13.6. The summed E-state index contributed by atoms with van der Waals surface area (Å²) in [6.45, 7) is 1.75. The average Bonchev–Trinajstić information content (AvgIpc) is 3.20. The molecule has 3 aromatic rings. The highest BCUT2D eigenvalue weighted by molar-refractivity contribution is 9.10. The van der Waals surface area contributed by atoms with E-state index in [4.69, 9.17) is 14.2 Å². The fourth-order valence-corrected chi connectivity index (χ4v) is 4.48. The number of ether oxygens (including phenoxy) is 3. The van der Waals surface area contributed by atoms with Crippen molar-refractivity contribution in [1.82, 2.24) is 10.2 Å². The van der Waals surface area contributed by atoms with E-state index in [1.54, 1.807) is 55.5 Å². The number of methoxy groups -OCH3 is 1. The number of carbonyl (C=O) groups excluding carboxylic acids is 3. The van der Waals surface area contributed by atoms with Crippen LogP contribution in [0.15, 0.2) is 70.8 Å². The molecule has 1 heterocycles. The van der Waals surface area contributed by atoms with Crippen molar-refractivity contribution < 1.29 is 33.5 Å². The van der Waals surface area contributed by atoms with E-state index in [-0.39, 0.29) is 18.0 Å². The second kappa shape index (κ2) is 13.0. The van der Waals surface area contributed by atoms with Gasteiger partial charge in [0.05, 0.1) is 28.8 Å². The summed E-state index contributed by atoms with van der Waals surface area (Å²) < 4.78 is 17.4. The minimum absolute atomic E-state index is 0.0195. The highest BCUT2D eigenvalue weighted by Crippen LogP contribution is 2.38. The molecule has 1 aliphatic heterocycles. The van der Waals surface area contributed by atoms with Gasteiger partial charge in [0.1, 0.15) is 24.6 Å². The first-order valence-corrected chi connectivity index (χ1v) is 13.1. The van der Waals surface area contributed by atoms with Gasteiger partial charge in [0.2, 0.25) is 5.91 Å². The summed E-state index contributed by atoms with van der Waals surface area (Å²) in [6.07, 6.45) is 1.46. The second-order valence-corrected chi connectivity index (χ2v) is 9.46. The number of carbonyl (C=O) groups is 3. The number of urea groups is 1. The minimum Gasteiger partial charge on any atom is -0.495 e. The van der Waals surface area contributed by atoms with E-state index in [0.717, 1.165) is 4.90 Å². The lowest BCUT2D eigenvalue weighted by Crippen LogP contribution is -2.38. The quantitative estimate of drug-likeness (QED) is 0.133. The number of hydrogen-bond acceptors (Lipinski definition) is 8. The first-order valence-electron chi connectivity index (χ1n) is 12.3. The Morgan fingerprint density at radius 2 is 1.83 bits per heavy atom. The molecule has 0 radical (unpaired) electrons. The van der Waals surface area contributed by atoms with Gasteiger partial charge in [0, 0.05) is 12.1 Å². The number of non-ortho nitro benzene ring substituents is 1. The van der Waals surface area contributed by atoms with E-state index in [1.165, 1.54) is 25.3 Å². The Kier molecular flexibility index (Phi) is 9.19. The van der Waals surface area contributed by atoms with Crippen LogP contribution in [0.25, 0.3) is 6.08 Å². The number of anilines is 1. The number of nitro benzene ring substituents is 1. The van der Waals surface area contributed by atoms with Gasteiger partial charge in [-0.15, -0.1) is 0 Å². The average molecular weight is 625 g/mol. The van der Waals surface area contributed by atoms with Crippen molar-refractivity contribution in [2.45, 2.75) is 13.5 Å². The van der Waals surface area contributed by atoms with Crippen LogP contribution in [0.5, 0.6) is 17.2 Å². The van der Waals surface area contributed by atoms with E-state index in [1.807, 2.05) is 0 Å². The maximum atomic E-state index is 13.0. The number of rotatable bonds is 11. The van der Waals surface area contributed by atoms with Gasteiger partial charge in [0.15, 0.2) is 11.5 Å². The molecule has 1 aliphatic rings. The van der Waals surface area contributed by atoms with Gasteiger partial charge in [-0.1, -0.05) is 12.1 Å². The third-order valence-electron chi connectivity index (χ3n) is 5.82. The van der Waals surface area contributed by atoms with Crippen molar-refractivity contribution in [3.63, 3.8) is 0 Å². The Hall–Kier alpha value is -4.91. The number of amides is 4. The molecule has 1 fully saturated rings. The van der Waals surface area contributed by atoms with Crippen LogP contribution in [0.3, 0.4) is 0 Å². The molecule has 0 bridgehead atoms. The third-order valence-corrected chi connectivity index (χ3v) is 6.41. The van der Waals surface area contributed by atoms with E-state index >= 15 is 0 Å². The number of para-hydroxylation sites is 2.